The second-order valence-corrected chi connectivity index (χ2v) is 7.74. The SMILES string of the molecule is CCNC1C(Sc2ccc(NC(C)=O)cc2)CCC1(C)C. The summed E-state index contributed by atoms with van der Waals surface area (Å²) in [7, 11) is 0. The molecule has 3 nitrogen and oxygen atoms in total. The summed E-state index contributed by atoms with van der Waals surface area (Å²) in [4.78, 5) is 12.3. The van der Waals surface area contributed by atoms with Crippen molar-refractivity contribution in [3.63, 3.8) is 0 Å². The molecule has 2 rings (SSSR count). The fraction of sp³-hybridized carbons (Fsp3) is 0.588. The Hall–Kier alpha value is -1.00. The second kappa shape index (κ2) is 6.84. The van der Waals surface area contributed by atoms with Crippen LogP contribution in [0, 0.1) is 5.41 Å². The largest absolute Gasteiger partial charge is 0.326 e. The maximum Gasteiger partial charge on any atom is 0.221 e. The minimum absolute atomic E-state index is 0.0276. The molecule has 0 saturated heterocycles. The van der Waals surface area contributed by atoms with E-state index in [1.54, 1.807) is 0 Å². The summed E-state index contributed by atoms with van der Waals surface area (Å²) in [5, 5.41) is 7.09. The molecule has 0 radical (unpaired) electrons. The number of hydrogen-bond donors (Lipinski definition) is 2. The molecule has 0 spiro atoms. The Morgan fingerprint density at radius 1 is 1.33 bits per heavy atom. The Morgan fingerprint density at radius 2 is 2.00 bits per heavy atom. The molecule has 1 fully saturated rings. The van der Waals surface area contributed by atoms with E-state index >= 15 is 0 Å². The summed E-state index contributed by atoms with van der Waals surface area (Å²) >= 11 is 1.95. The van der Waals surface area contributed by atoms with Crippen LogP contribution < -0.4 is 10.6 Å². The van der Waals surface area contributed by atoms with Gasteiger partial charge in [-0.2, -0.15) is 0 Å². The van der Waals surface area contributed by atoms with Gasteiger partial charge in [-0.3, -0.25) is 4.79 Å². The van der Waals surface area contributed by atoms with Crippen molar-refractivity contribution < 1.29 is 4.79 Å². The smallest absolute Gasteiger partial charge is 0.221 e. The number of hydrogen-bond acceptors (Lipinski definition) is 3. The molecule has 0 bridgehead atoms. The summed E-state index contributed by atoms with van der Waals surface area (Å²) in [5.74, 6) is -0.0276. The first-order valence-corrected chi connectivity index (χ1v) is 8.58. The number of anilines is 1. The number of carbonyl (C=O) groups excluding carboxylic acids is 1. The predicted molar refractivity (Wildman–Crippen MR) is 90.9 cm³/mol. The molecule has 1 saturated carbocycles. The van der Waals surface area contributed by atoms with Gasteiger partial charge in [-0.15, -0.1) is 11.8 Å². The normalized spacial score (nSPS) is 24.0. The van der Waals surface area contributed by atoms with E-state index in [2.05, 4.69) is 43.5 Å². The highest BCUT2D eigenvalue weighted by Crippen LogP contribution is 2.45. The van der Waals surface area contributed by atoms with Gasteiger partial charge >= 0.3 is 0 Å². The highest BCUT2D eigenvalue weighted by molar-refractivity contribution is 8.00. The van der Waals surface area contributed by atoms with Crippen LogP contribution in [0.15, 0.2) is 29.2 Å². The molecular weight excluding hydrogens is 280 g/mol. The zero-order valence-corrected chi connectivity index (χ0v) is 14.2. The summed E-state index contributed by atoms with van der Waals surface area (Å²) in [6.45, 7) is 9.46. The highest BCUT2D eigenvalue weighted by Gasteiger charge is 2.41. The molecule has 0 aromatic heterocycles. The van der Waals surface area contributed by atoms with E-state index in [4.69, 9.17) is 0 Å². The van der Waals surface area contributed by atoms with E-state index < -0.39 is 0 Å². The van der Waals surface area contributed by atoms with Gasteiger partial charge in [0.1, 0.15) is 0 Å². The van der Waals surface area contributed by atoms with Crippen molar-refractivity contribution in [2.75, 3.05) is 11.9 Å². The Labute approximate surface area is 132 Å². The predicted octanol–water partition coefficient (Wildman–Crippen LogP) is 3.90. The standard InChI is InChI=1S/C17H26N2OS/c1-5-18-16-15(10-11-17(16,3)4)21-14-8-6-13(7-9-14)19-12(2)20/h6-9,15-16,18H,5,10-11H2,1-4H3,(H,19,20). The third-order valence-corrected chi connectivity index (χ3v) is 5.53. The van der Waals surface area contributed by atoms with Crippen molar-refractivity contribution in [1.82, 2.24) is 5.32 Å². The van der Waals surface area contributed by atoms with Crippen molar-refractivity contribution in [3.05, 3.63) is 24.3 Å². The Morgan fingerprint density at radius 3 is 2.57 bits per heavy atom. The van der Waals surface area contributed by atoms with E-state index in [-0.39, 0.29) is 5.91 Å². The summed E-state index contributed by atoms with van der Waals surface area (Å²) in [5.41, 5.74) is 1.23. The lowest BCUT2D eigenvalue weighted by Crippen LogP contribution is -2.43. The molecule has 1 amide bonds. The third kappa shape index (κ3) is 4.24. The van der Waals surface area contributed by atoms with Crippen LogP contribution in [-0.2, 0) is 4.79 Å². The fourth-order valence-corrected chi connectivity index (χ4v) is 4.57. The van der Waals surface area contributed by atoms with Crippen LogP contribution in [0.3, 0.4) is 0 Å². The van der Waals surface area contributed by atoms with E-state index in [9.17, 15) is 4.79 Å². The second-order valence-electron chi connectivity index (χ2n) is 6.42. The van der Waals surface area contributed by atoms with E-state index in [1.807, 2.05) is 23.9 Å². The average molecular weight is 306 g/mol. The maximum atomic E-state index is 11.0. The molecule has 21 heavy (non-hydrogen) atoms. The third-order valence-electron chi connectivity index (χ3n) is 4.17. The monoisotopic (exact) mass is 306 g/mol. The number of carbonyl (C=O) groups is 1. The lowest BCUT2D eigenvalue weighted by molar-refractivity contribution is -0.114. The molecule has 4 heteroatoms. The van der Waals surface area contributed by atoms with Gasteiger partial charge < -0.3 is 10.6 Å². The van der Waals surface area contributed by atoms with Gasteiger partial charge in [-0.05, 0) is 49.1 Å². The molecule has 2 atom stereocenters. The van der Waals surface area contributed by atoms with Gasteiger partial charge in [0.2, 0.25) is 5.91 Å². The quantitative estimate of drug-likeness (QED) is 0.867. The summed E-state index contributed by atoms with van der Waals surface area (Å²) in [6.07, 6.45) is 2.52. The lowest BCUT2D eigenvalue weighted by Gasteiger charge is -2.31. The molecule has 1 aromatic rings. The van der Waals surface area contributed by atoms with Crippen LogP contribution in [0.4, 0.5) is 5.69 Å². The number of rotatable bonds is 5. The lowest BCUT2D eigenvalue weighted by atomic mass is 9.87. The van der Waals surface area contributed by atoms with Gasteiger partial charge in [0.25, 0.3) is 0 Å². The molecular formula is C17H26N2OS. The molecule has 1 aliphatic carbocycles. The molecule has 2 unspecified atom stereocenters. The topological polar surface area (TPSA) is 41.1 Å². The number of amides is 1. The van der Waals surface area contributed by atoms with Crippen LogP contribution in [0.1, 0.15) is 40.5 Å². The van der Waals surface area contributed by atoms with Crippen molar-refractivity contribution in [1.29, 1.82) is 0 Å². The van der Waals surface area contributed by atoms with E-state index in [1.165, 1.54) is 24.7 Å². The van der Waals surface area contributed by atoms with Gasteiger partial charge in [0.05, 0.1) is 0 Å². The number of benzene rings is 1. The van der Waals surface area contributed by atoms with Gasteiger partial charge in [0.15, 0.2) is 0 Å². The van der Waals surface area contributed by atoms with Gasteiger partial charge in [-0.25, -0.2) is 0 Å². The van der Waals surface area contributed by atoms with Crippen molar-refractivity contribution in [3.8, 4) is 0 Å². The number of thioether (sulfide) groups is 1. The fourth-order valence-electron chi connectivity index (χ4n) is 3.09. The van der Waals surface area contributed by atoms with Crippen molar-refractivity contribution in [2.24, 2.45) is 5.41 Å². The van der Waals surface area contributed by atoms with E-state index in [0.717, 1.165) is 12.2 Å². The first kappa shape index (κ1) is 16.4. The molecule has 0 heterocycles. The highest BCUT2D eigenvalue weighted by atomic mass is 32.2. The first-order valence-electron chi connectivity index (χ1n) is 7.70. The average Bonchev–Trinajstić information content (AvgIpc) is 2.68. The summed E-state index contributed by atoms with van der Waals surface area (Å²) < 4.78 is 0. The van der Waals surface area contributed by atoms with Crippen LogP contribution in [0.2, 0.25) is 0 Å². The molecule has 2 N–H and O–H groups in total. The van der Waals surface area contributed by atoms with Crippen molar-refractivity contribution >= 4 is 23.4 Å². The minimum Gasteiger partial charge on any atom is -0.326 e. The Bertz CT molecular complexity index is 484. The first-order chi connectivity index (χ1) is 9.92. The van der Waals surface area contributed by atoms with E-state index in [0.29, 0.717) is 16.7 Å². The molecule has 1 aliphatic rings. The Balaban J connectivity index is 2.02. The van der Waals surface area contributed by atoms with Gasteiger partial charge in [0, 0.05) is 28.8 Å². The minimum atomic E-state index is -0.0276. The molecule has 116 valence electrons. The van der Waals surface area contributed by atoms with Crippen LogP contribution >= 0.6 is 11.8 Å². The van der Waals surface area contributed by atoms with Gasteiger partial charge in [-0.1, -0.05) is 20.8 Å². The zero-order valence-electron chi connectivity index (χ0n) is 13.4. The van der Waals surface area contributed by atoms with Crippen LogP contribution in [-0.4, -0.2) is 23.7 Å². The van der Waals surface area contributed by atoms with Crippen LogP contribution in [0.25, 0.3) is 0 Å². The molecule has 0 aliphatic heterocycles. The number of nitrogens with one attached hydrogen (secondary N) is 2. The molecule has 1 aromatic carbocycles. The maximum absolute atomic E-state index is 11.0. The van der Waals surface area contributed by atoms with Crippen molar-refractivity contribution in [2.45, 2.75) is 56.7 Å². The van der Waals surface area contributed by atoms with Crippen LogP contribution in [0.5, 0.6) is 0 Å². The Kier molecular flexibility index (Phi) is 5.33. The summed E-state index contributed by atoms with van der Waals surface area (Å²) in [6, 6.07) is 8.72. The zero-order chi connectivity index (χ0) is 15.5.